The molecule has 46 heavy (non-hydrogen) atoms. The maximum absolute atomic E-state index is 13.9. The van der Waals surface area contributed by atoms with Gasteiger partial charge in [0.25, 0.3) is 17.2 Å². The Balaban J connectivity index is 1.59. The summed E-state index contributed by atoms with van der Waals surface area (Å²) in [4.78, 5) is 41.0. The van der Waals surface area contributed by atoms with Crippen molar-refractivity contribution in [3.8, 4) is 11.8 Å². The Morgan fingerprint density at radius 2 is 1.80 bits per heavy atom. The maximum atomic E-state index is 13.9. The average molecular weight is 638 g/mol. The summed E-state index contributed by atoms with van der Waals surface area (Å²) in [6, 6.07) is 19.9. The van der Waals surface area contributed by atoms with Crippen LogP contribution >= 0.6 is 11.3 Å². The quantitative estimate of drug-likeness (QED) is 0.206. The first-order valence-corrected chi connectivity index (χ1v) is 15.9. The Bertz CT molecular complexity index is 2000. The number of aryl methyl sites for hydroxylation is 3. The van der Waals surface area contributed by atoms with Crippen molar-refractivity contribution in [2.45, 2.75) is 46.1 Å². The van der Waals surface area contributed by atoms with Gasteiger partial charge in [-0.2, -0.15) is 5.26 Å². The van der Waals surface area contributed by atoms with Crippen LogP contribution in [0.4, 0.5) is 17.1 Å². The van der Waals surface area contributed by atoms with E-state index in [1.165, 1.54) is 10.6 Å². The van der Waals surface area contributed by atoms with E-state index in [1.807, 2.05) is 61.2 Å². The van der Waals surface area contributed by atoms with Gasteiger partial charge < -0.3 is 15.0 Å². The molecule has 2 heterocycles. The molecule has 1 aliphatic rings. The van der Waals surface area contributed by atoms with E-state index in [-0.39, 0.29) is 32.6 Å². The molecule has 0 spiro atoms. The second-order valence-electron chi connectivity index (χ2n) is 11.3. The van der Waals surface area contributed by atoms with Crippen LogP contribution in [0.1, 0.15) is 41.5 Å². The molecule has 0 atom stereocenters. The van der Waals surface area contributed by atoms with Crippen molar-refractivity contribution >= 4 is 46.0 Å². The van der Waals surface area contributed by atoms with Crippen LogP contribution in [0.3, 0.4) is 0 Å². The average Bonchev–Trinajstić information content (AvgIpc) is 3.36. The van der Waals surface area contributed by atoms with E-state index >= 15 is 0 Å². The second-order valence-corrected chi connectivity index (χ2v) is 12.3. The number of nitro benzene ring substituents is 1. The van der Waals surface area contributed by atoms with Gasteiger partial charge in [0, 0.05) is 31.4 Å². The first kappa shape index (κ1) is 32.2. The first-order valence-electron chi connectivity index (χ1n) is 15.1. The predicted octanol–water partition coefficient (Wildman–Crippen LogP) is 4.82. The number of piperidine rings is 1. The zero-order valence-corrected chi connectivity index (χ0v) is 26.9. The van der Waals surface area contributed by atoms with Gasteiger partial charge in [0.15, 0.2) is 5.57 Å². The smallest absolute Gasteiger partial charge is 0.293 e. The normalized spacial score (nSPS) is 14.0. The summed E-state index contributed by atoms with van der Waals surface area (Å²) in [6.07, 6.45) is 5.11. The largest absolute Gasteiger partial charge is 0.497 e. The Morgan fingerprint density at radius 3 is 2.46 bits per heavy atom. The topological polar surface area (TPSA) is 130 Å². The van der Waals surface area contributed by atoms with Crippen molar-refractivity contribution in [1.29, 1.82) is 5.26 Å². The SMILES string of the molecule is COc1ccc(CCn2c(=O)/c(=C/c3ccc(N4CCCCC4)c([N+](=O)[O-])c3)s/c2=C(\C#N)C(=O)Nc2ccc(C)c(C)c2)cc1. The monoisotopic (exact) mass is 637 g/mol. The van der Waals surface area contributed by atoms with Gasteiger partial charge >= 0.3 is 0 Å². The van der Waals surface area contributed by atoms with Gasteiger partial charge in [-0.3, -0.25) is 24.3 Å². The summed E-state index contributed by atoms with van der Waals surface area (Å²) in [5, 5.41) is 25.0. The minimum absolute atomic E-state index is 0.0238. The van der Waals surface area contributed by atoms with Crippen molar-refractivity contribution < 1.29 is 14.5 Å². The number of nitrogens with one attached hydrogen (secondary N) is 1. The third kappa shape index (κ3) is 7.19. The van der Waals surface area contributed by atoms with Crippen molar-refractivity contribution in [3.05, 3.63) is 113 Å². The highest BCUT2D eigenvalue weighted by Gasteiger charge is 2.22. The number of nitriles is 1. The number of rotatable bonds is 9. The molecule has 0 unspecified atom stereocenters. The number of hydrogen-bond acceptors (Lipinski definition) is 8. The van der Waals surface area contributed by atoms with Crippen molar-refractivity contribution in [2.75, 3.05) is 30.4 Å². The number of aromatic nitrogens is 1. The van der Waals surface area contributed by atoms with Crippen LogP contribution in [0.5, 0.6) is 5.75 Å². The van der Waals surface area contributed by atoms with Crippen molar-refractivity contribution in [3.63, 3.8) is 0 Å². The lowest BCUT2D eigenvalue weighted by Crippen LogP contribution is -2.34. The molecule has 0 bridgehead atoms. The summed E-state index contributed by atoms with van der Waals surface area (Å²) < 4.78 is 7.16. The predicted molar refractivity (Wildman–Crippen MR) is 181 cm³/mol. The minimum Gasteiger partial charge on any atom is -0.497 e. The summed E-state index contributed by atoms with van der Waals surface area (Å²) in [5.41, 5.74) is 3.98. The standard InChI is InChI=1S/C35H35N5O5S/c1-23-7-11-27(19-24(23)2)37-33(41)29(22-36)35-39(18-15-25-8-12-28(45-3)13-9-25)34(42)32(46-35)21-26-10-14-30(31(20-26)40(43)44)38-16-5-4-6-17-38/h7-14,19-21H,4-6,15-18H2,1-3H3,(H,37,41)/b32-21-,35-29+. The van der Waals surface area contributed by atoms with E-state index in [1.54, 1.807) is 31.4 Å². The summed E-state index contributed by atoms with van der Waals surface area (Å²) in [5.74, 6) is 0.0795. The third-order valence-electron chi connectivity index (χ3n) is 8.20. The molecule has 236 valence electrons. The number of thiazole rings is 1. The number of nitrogens with zero attached hydrogens (tertiary/aromatic N) is 4. The fourth-order valence-corrected chi connectivity index (χ4v) is 6.61. The molecular weight excluding hydrogens is 602 g/mol. The molecule has 3 aromatic carbocycles. The van der Waals surface area contributed by atoms with Crippen LogP contribution < -0.4 is 29.7 Å². The second kappa shape index (κ2) is 14.3. The number of hydrogen-bond donors (Lipinski definition) is 1. The van der Waals surface area contributed by atoms with Crippen LogP contribution in [-0.2, 0) is 17.8 Å². The van der Waals surface area contributed by atoms with Crippen LogP contribution in [0.2, 0.25) is 0 Å². The van der Waals surface area contributed by atoms with Gasteiger partial charge in [-0.05, 0) is 98.2 Å². The molecule has 1 amide bonds. The van der Waals surface area contributed by atoms with Gasteiger partial charge in [0.1, 0.15) is 22.2 Å². The highest BCUT2D eigenvalue weighted by atomic mass is 32.1. The number of anilines is 2. The van der Waals surface area contributed by atoms with E-state index in [2.05, 4.69) is 5.32 Å². The molecule has 5 rings (SSSR count). The van der Waals surface area contributed by atoms with E-state index < -0.39 is 10.8 Å². The van der Waals surface area contributed by atoms with Gasteiger partial charge in [-0.15, -0.1) is 11.3 Å². The van der Waals surface area contributed by atoms with Gasteiger partial charge in [-0.1, -0.05) is 24.3 Å². The third-order valence-corrected chi connectivity index (χ3v) is 9.33. The Hall–Kier alpha value is -5.21. The highest BCUT2D eigenvalue weighted by Crippen LogP contribution is 2.31. The van der Waals surface area contributed by atoms with Gasteiger partial charge in [-0.25, -0.2) is 0 Å². The number of amides is 1. The number of ether oxygens (including phenoxy) is 1. The number of nitro groups is 1. The lowest BCUT2D eigenvalue weighted by Gasteiger charge is -2.28. The lowest BCUT2D eigenvalue weighted by atomic mass is 10.1. The van der Waals surface area contributed by atoms with E-state index in [0.717, 1.165) is 60.4 Å². The molecule has 1 aromatic heterocycles. The first-order chi connectivity index (χ1) is 22.2. The van der Waals surface area contributed by atoms with Crippen molar-refractivity contribution in [1.82, 2.24) is 4.57 Å². The summed E-state index contributed by atoms with van der Waals surface area (Å²) in [7, 11) is 1.59. The molecule has 0 aliphatic carbocycles. The molecule has 1 fully saturated rings. The number of carbonyl (C=O) groups excluding carboxylic acids is 1. The highest BCUT2D eigenvalue weighted by molar-refractivity contribution is 7.07. The Morgan fingerprint density at radius 1 is 1.07 bits per heavy atom. The van der Waals surface area contributed by atoms with E-state index in [9.17, 15) is 25.0 Å². The van der Waals surface area contributed by atoms with Gasteiger partial charge in [0.05, 0.1) is 16.6 Å². The number of methoxy groups -OCH3 is 1. The summed E-state index contributed by atoms with van der Waals surface area (Å²) in [6.45, 7) is 5.62. The molecule has 1 aliphatic heterocycles. The van der Waals surface area contributed by atoms with Crippen LogP contribution in [0, 0.1) is 35.3 Å². The summed E-state index contributed by atoms with van der Waals surface area (Å²) >= 11 is 1.02. The fraction of sp³-hybridized carbons (Fsp3) is 0.286. The number of carbonyl (C=O) groups is 1. The lowest BCUT2D eigenvalue weighted by molar-refractivity contribution is -0.384. The van der Waals surface area contributed by atoms with E-state index in [0.29, 0.717) is 29.1 Å². The Labute approximate surface area is 270 Å². The maximum Gasteiger partial charge on any atom is 0.293 e. The molecule has 4 aromatic rings. The number of benzene rings is 3. The molecule has 1 N–H and O–H groups in total. The fourth-order valence-electron chi connectivity index (χ4n) is 5.48. The molecule has 0 saturated carbocycles. The van der Waals surface area contributed by atoms with Crippen LogP contribution in [-0.4, -0.2) is 35.6 Å². The van der Waals surface area contributed by atoms with E-state index in [4.69, 9.17) is 4.74 Å². The molecular formula is C35H35N5O5S. The minimum atomic E-state index is -0.627. The molecule has 11 heteroatoms. The van der Waals surface area contributed by atoms with Crippen LogP contribution in [0.15, 0.2) is 65.5 Å². The van der Waals surface area contributed by atoms with Gasteiger partial charge in [0.2, 0.25) is 0 Å². The molecule has 1 saturated heterocycles. The molecule has 0 radical (unpaired) electrons. The zero-order valence-electron chi connectivity index (χ0n) is 26.0. The van der Waals surface area contributed by atoms with Crippen molar-refractivity contribution in [2.24, 2.45) is 0 Å². The Kier molecular flexibility index (Phi) is 9.98. The van der Waals surface area contributed by atoms with Crippen LogP contribution in [0.25, 0.3) is 11.6 Å². The zero-order chi connectivity index (χ0) is 32.8. The molecule has 10 nitrogen and oxygen atoms in total.